The smallest absolute Gasteiger partial charge is 0.339 e. The van der Waals surface area contributed by atoms with Gasteiger partial charge in [-0.05, 0) is 49.6 Å². The van der Waals surface area contributed by atoms with E-state index in [1.54, 1.807) is 20.8 Å². The summed E-state index contributed by atoms with van der Waals surface area (Å²) in [7, 11) is 0. The van der Waals surface area contributed by atoms with Gasteiger partial charge in [-0.1, -0.05) is 24.3 Å². The van der Waals surface area contributed by atoms with Gasteiger partial charge in [-0.25, -0.2) is 9.59 Å². The maximum Gasteiger partial charge on any atom is 0.339 e. The Labute approximate surface area is 130 Å². The van der Waals surface area contributed by atoms with Gasteiger partial charge in [-0.2, -0.15) is 0 Å². The van der Waals surface area contributed by atoms with Crippen LogP contribution in [0.3, 0.4) is 0 Å². The lowest BCUT2D eigenvalue weighted by atomic mass is 9.90. The zero-order valence-corrected chi connectivity index (χ0v) is 13.4. The molecule has 116 valence electrons. The number of hydrogen-bond donors (Lipinski definition) is 0. The Morgan fingerprint density at radius 3 is 1.86 bits per heavy atom. The SMILES string of the molecule is CCOC(=O)c1c(C)c(C(=O)OCC)c2ccccc2c1C. The molecular formula is C18H20O4. The molecule has 4 nitrogen and oxygen atoms in total. The molecule has 0 fully saturated rings. The summed E-state index contributed by atoms with van der Waals surface area (Å²) in [6, 6.07) is 7.52. The predicted molar refractivity (Wildman–Crippen MR) is 85.3 cm³/mol. The molecule has 0 aliphatic rings. The molecule has 0 unspecified atom stereocenters. The normalized spacial score (nSPS) is 10.5. The minimum Gasteiger partial charge on any atom is -0.462 e. The van der Waals surface area contributed by atoms with Crippen LogP contribution in [-0.2, 0) is 9.47 Å². The van der Waals surface area contributed by atoms with Crippen molar-refractivity contribution in [3.05, 3.63) is 46.5 Å². The highest BCUT2D eigenvalue weighted by molar-refractivity contribution is 6.11. The van der Waals surface area contributed by atoms with Gasteiger partial charge in [0.25, 0.3) is 0 Å². The van der Waals surface area contributed by atoms with E-state index >= 15 is 0 Å². The molecule has 2 aromatic rings. The van der Waals surface area contributed by atoms with Crippen molar-refractivity contribution in [1.29, 1.82) is 0 Å². The molecule has 0 saturated heterocycles. The summed E-state index contributed by atoms with van der Waals surface area (Å²) < 4.78 is 10.3. The molecule has 2 aromatic carbocycles. The number of carbonyl (C=O) groups is 2. The van der Waals surface area contributed by atoms with Crippen LogP contribution in [0.1, 0.15) is 45.7 Å². The molecule has 0 heterocycles. The predicted octanol–water partition coefficient (Wildman–Crippen LogP) is 3.81. The van der Waals surface area contributed by atoms with Crippen molar-refractivity contribution < 1.29 is 19.1 Å². The van der Waals surface area contributed by atoms with Gasteiger partial charge in [0.2, 0.25) is 0 Å². The molecule has 0 radical (unpaired) electrons. The Kier molecular flexibility index (Phi) is 4.81. The summed E-state index contributed by atoms with van der Waals surface area (Å²) in [5.74, 6) is -0.824. The monoisotopic (exact) mass is 300 g/mol. The largest absolute Gasteiger partial charge is 0.462 e. The molecule has 0 saturated carbocycles. The number of hydrogen-bond acceptors (Lipinski definition) is 4. The van der Waals surface area contributed by atoms with Crippen LogP contribution >= 0.6 is 0 Å². The minimum atomic E-state index is -0.415. The van der Waals surface area contributed by atoms with E-state index in [9.17, 15) is 9.59 Å². The van der Waals surface area contributed by atoms with Crippen molar-refractivity contribution in [2.24, 2.45) is 0 Å². The van der Waals surface area contributed by atoms with Gasteiger partial charge in [-0.3, -0.25) is 0 Å². The van der Waals surface area contributed by atoms with Gasteiger partial charge in [0.1, 0.15) is 0 Å². The summed E-state index contributed by atoms with van der Waals surface area (Å²) in [5.41, 5.74) is 2.31. The molecule has 2 rings (SSSR count). The number of carbonyl (C=O) groups excluding carboxylic acids is 2. The summed E-state index contributed by atoms with van der Waals surface area (Å²) >= 11 is 0. The first-order valence-corrected chi connectivity index (χ1v) is 7.39. The van der Waals surface area contributed by atoms with E-state index < -0.39 is 11.9 Å². The number of fused-ring (bicyclic) bond motifs is 1. The van der Waals surface area contributed by atoms with Gasteiger partial charge in [0.05, 0.1) is 24.3 Å². The average molecular weight is 300 g/mol. The molecule has 0 amide bonds. The molecule has 0 aromatic heterocycles. The summed E-state index contributed by atoms with van der Waals surface area (Å²) in [6.45, 7) is 7.73. The van der Waals surface area contributed by atoms with Crippen molar-refractivity contribution in [3.8, 4) is 0 Å². The van der Waals surface area contributed by atoms with Gasteiger partial charge < -0.3 is 9.47 Å². The van der Waals surface area contributed by atoms with E-state index in [-0.39, 0.29) is 6.61 Å². The Bertz CT molecular complexity index is 731. The second kappa shape index (κ2) is 6.60. The maximum atomic E-state index is 12.3. The first-order chi connectivity index (χ1) is 10.5. The molecule has 0 spiro atoms. The number of ether oxygens (including phenoxy) is 2. The number of aryl methyl sites for hydroxylation is 1. The summed E-state index contributed by atoms with van der Waals surface area (Å²) in [6.07, 6.45) is 0. The lowest BCUT2D eigenvalue weighted by molar-refractivity contribution is 0.0524. The molecule has 0 N–H and O–H groups in total. The quantitative estimate of drug-likeness (QED) is 0.806. The van der Waals surface area contributed by atoms with E-state index in [1.807, 2.05) is 31.2 Å². The van der Waals surface area contributed by atoms with Crippen molar-refractivity contribution in [2.45, 2.75) is 27.7 Å². The van der Waals surface area contributed by atoms with Crippen LogP contribution in [0.15, 0.2) is 24.3 Å². The standard InChI is InChI=1S/C18H20O4/c1-5-21-17(19)15-11(3)13-9-7-8-10-14(13)16(12(15)4)18(20)22-6-2/h7-10H,5-6H2,1-4H3. The van der Waals surface area contributed by atoms with Gasteiger partial charge in [0, 0.05) is 0 Å². The van der Waals surface area contributed by atoms with E-state index in [2.05, 4.69) is 0 Å². The van der Waals surface area contributed by atoms with E-state index in [4.69, 9.17) is 9.47 Å². The Morgan fingerprint density at radius 1 is 0.818 bits per heavy atom. The van der Waals surface area contributed by atoms with Crippen LogP contribution in [0.4, 0.5) is 0 Å². The average Bonchev–Trinajstić information content (AvgIpc) is 2.48. The second-order valence-electron chi connectivity index (χ2n) is 4.99. The lowest BCUT2D eigenvalue weighted by Crippen LogP contribution is -2.15. The molecule has 0 aliphatic carbocycles. The van der Waals surface area contributed by atoms with E-state index in [0.29, 0.717) is 23.3 Å². The molecule has 4 heteroatoms. The Morgan fingerprint density at radius 2 is 1.32 bits per heavy atom. The summed E-state index contributed by atoms with van der Waals surface area (Å²) in [5, 5.41) is 1.66. The molecular weight excluding hydrogens is 280 g/mol. The van der Waals surface area contributed by atoms with E-state index in [1.165, 1.54) is 0 Å². The van der Waals surface area contributed by atoms with Crippen LogP contribution in [-0.4, -0.2) is 25.2 Å². The van der Waals surface area contributed by atoms with Crippen LogP contribution in [0.25, 0.3) is 10.8 Å². The fourth-order valence-corrected chi connectivity index (χ4v) is 2.75. The maximum absolute atomic E-state index is 12.3. The van der Waals surface area contributed by atoms with Crippen LogP contribution in [0, 0.1) is 13.8 Å². The van der Waals surface area contributed by atoms with Crippen molar-refractivity contribution in [3.63, 3.8) is 0 Å². The van der Waals surface area contributed by atoms with Gasteiger partial charge in [-0.15, -0.1) is 0 Å². The third-order valence-electron chi connectivity index (χ3n) is 3.68. The number of rotatable bonds is 4. The first kappa shape index (κ1) is 16.0. The summed E-state index contributed by atoms with van der Waals surface area (Å²) in [4.78, 5) is 24.6. The van der Waals surface area contributed by atoms with Crippen molar-refractivity contribution in [1.82, 2.24) is 0 Å². The zero-order valence-electron chi connectivity index (χ0n) is 13.4. The van der Waals surface area contributed by atoms with Crippen LogP contribution in [0.5, 0.6) is 0 Å². The highest BCUT2D eigenvalue weighted by Crippen LogP contribution is 2.31. The zero-order chi connectivity index (χ0) is 16.3. The van der Waals surface area contributed by atoms with Crippen LogP contribution in [0.2, 0.25) is 0 Å². The number of benzene rings is 2. The highest BCUT2D eigenvalue weighted by Gasteiger charge is 2.24. The van der Waals surface area contributed by atoms with Crippen molar-refractivity contribution >= 4 is 22.7 Å². The molecule has 0 aliphatic heterocycles. The fourth-order valence-electron chi connectivity index (χ4n) is 2.75. The van der Waals surface area contributed by atoms with Gasteiger partial charge >= 0.3 is 11.9 Å². The third-order valence-corrected chi connectivity index (χ3v) is 3.68. The molecule has 22 heavy (non-hydrogen) atoms. The molecule has 0 bridgehead atoms. The topological polar surface area (TPSA) is 52.6 Å². The highest BCUT2D eigenvalue weighted by atomic mass is 16.5. The lowest BCUT2D eigenvalue weighted by Gasteiger charge is -2.17. The second-order valence-corrected chi connectivity index (χ2v) is 4.99. The van der Waals surface area contributed by atoms with Crippen molar-refractivity contribution in [2.75, 3.05) is 13.2 Å². The van der Waals surface area contributed by atoms with E-state index in [0.717, 1.165) is 16.3 Å². The Balaban J connectivity index is 2.81. The van der Waals surface area contributed by atoms with Crippen LogP contribution < -0.4 is 0 Å². The minimum absolute atomic E-state index is 0.287. The third kappa shape index (κ3) is 2.69. The number of esters is 2. The first-order valence-electron chi connectivity index (χ1n) is 7.39. The van der Waals surface area contributed by atoms with Gasteiger partial charge in [0.15, 0.2) is 0 Å². The fraction of sp³-hybridized carbons (Fsp3) is 0.333. The molecule has 0 atom stereocenters. The Hall–Kier alpha value is -2.36.